The molecule has 51 heavy (non-hydrogen) atoms. The first-order valence-electron chi connectivity index (χ1n) is 18.1. The summed E-state index contributed by atoms with van der Waals surface area (Å²) in [5, 5.41) is 5.22. The van der Waals surface area contributed by atoms with Crippen LogP contribution >= 0.6 is 0 Å². The highest BCUT2D eigenvalue weighted by Crippen LogP contribution is 2.42. The van der Waals surface area contributed by atoms with E-state index in [2.05, 4.69) is 193 Å². The van der Waals surface area contributed by atoms with Crippen molar-refractivity contribution in [1.29, 1.82) is 0 Å². The van der Waals surface area contributed by atoms with Gasteiger partial charge < -0.3 is 9.80 Å². The van der Waals surface area contributed by atoms with Crippen molar-refractivity contribution in [3.63, 3.8) is 0 Å². The van der Waals surface area contributed by atoms with Gasteiger partial charge in [0.05, 0.1) is 0 Å². The standard InChI is InChI=1S/C49H40N2/c1-35-45(29-23-36-22-24-37-25-26-38(37)32-36)49-34-44(51(41-18-10-4-11-19-41)42-20-12-5-13-21-42)28-31-47(49)46-30-27-43(33-48(35)46)50(39-14-6-2-7-15-39)40-16-8-3-9-17-40/h2-22,24,27-28,30-34H,23,25-26,29H2,1H3. The van der Waals surface area contributed by atoms with Crippen LogP contribution in [0.4, 0.5) is 34.1 Å². The first kappa shape index (κ1) is 30.9. The highest BCUT2D eigenvalue weighted by atomic mass is 15.1. The number of nitrogens with zero attached hydrogens (tertiary/aromatic N) is 2. The Bertz CT molecular complexity index is 2390. The van der Waals surface area contributed by atoms with Crippen LogP contribution in [-0.2, 0) is 25.7 Å². The molecule has 0 heterocycles. The number of hydrogen-bond donors (Lipinski definition) is 0. The topological polar surface area (TPSA) is 6.48 Å². The average Bonchev–Trinajstić information content (AvgIpc) is 3.18. The minimum Gasteiger partial charge on any atom is -0.310 e. The van der Waals surface area contributed by atoms with E-state index in [4.69, 9.17) is 0 Å². The van der Waals surface area contributed by atoms with Crippen LogP contribution in [0.1, 0.15) is 27.8 Å². The predicted octanol–water partition coefficient (Wildman–Crippen LogP) is 13.1. The van der Waals surface area contributed by atoms with Gasteiger partial charge in [-0.1, -0.05) is 103 Å². The number of hydrogen-bond acceptors (Lipinski definition) is 2. The van der Waals surface area contributed by atoms with E-state index < -0.39 is 0 Å². The second-order valence-corrected chi connectivity index (χ2v) is 13.7. The Morgan fingerprint density at radius 1 is 0.373 bits per heavy atom. The third-order valence-electron chi connectivity index (χ3n) is 10.7. The Morgan fingerprint density at radius 3 is 1.27 bits per heavy atom. The van der Waals surface area contributed by atoms with Crippen LogP contribution in [0.3, 0.4) is 0 Å². The van der Waals surface area contributed by atoms with Gasteiger partial charge in [-0.25, -0.2) is 0 Å². The molecule has 0 saturated heterocycles. The molecule has 0 unspecified atom stereocenters. The number of benzene rings is 8. The van der Waals surface area contributed by atoms with Crippen LogP contribution < -0.4 is 9.80 Å². The fraction of sp³-hybridized carbons (Fsp3) is 0.102. The Hall–Kier alpha value is -6.12. The van der Waals surface area contributed by atoms with Gasteiger partial charge in [0.1, 0.15) is 0 Å². The van der Waals surface area contributed by atoms with Gasteiger partial charge in [0.15, 0.2) is 0 Å². The molecule has 0 bridgehead atoms. The largest absolute Gasteiger partial charge is 0.310 e. The van der Waals surface area contributed by atoms with Crippen LogP contribution in [0.5, 0.6) is 0 Å². The van der Waals surface area contributed by atoms with Gasteiger partial charge in [0, 0.05) is 34.1 Å². The smallest absolute Gasteiger partial charge is 0.0468 e. The molecule has 0 spiro atoms. The lowest BCUT2D eigenvalue weighted by Gasteiger charge is -2.27. The molecule has 8 aromatic rings. The monoisotopic (exact) mass is 656 g/mol. The van der Waals surface area contributed by atoms with Crippen LogP contribution in [-0.4, -0.2) is 0 Å². The second-order valence-electron chi connectivity index (χ2n) is 13.7. The van der Waals surface area contributed by atoms with E-state index in [1.807, 2.05) is 0 Å². The minimum absolute atomic E-state index is 0.975. The van der Waals surface area contributed by atoms with Crippen molar-refractivity contribution in [1.82, 2.24) is 0 Å². The van der Waals surface area contributed by atoms with E-state index in [0.717, 1.165) is 47.0 Å². The molecule has 0 aliphatic heterocycles. The van der Waals surface area contributed by atoms with E-state index in [1.54, 1.807) is 0 Å². The number of aryl methyl sites for hydroxylation is 5. The number of rotatable bonds is 9. The Morgan fingerprint density at radius 2 is 0.824 bits per heavy atom. The maximum Gasteiger partial charge on any atom is 0.0468 e. The number of anilines is 6. The molecule has 246 valence electrons. The molecule has 8 aromatic carbocycles. The van der Waals surface area contributed by atoms with E-state index in [1.165, 1.54) is 62.2 Å². The zero-order valence-corrected chi connectivity index (χ0v) is 29.0. The van der Waals surface area contributed by atoms with Crippen molar-refractivity contribution in [2.45, 2.75) is 32.6 Å². The van der Waals surface area contributed by atoms with E-state index in [0.29, 0.717) is 0 Å². The Kier molecular flexibility index (Phi) is 8.06. The summed E-state index contributed by atoms with van der Waals surface area (Å²) in [6.07, 6.45) is 4.42. The Balaban J connectivity index is 1.23. The highest BCUT2D eigenvalue weighted by Gasteiger charge is 2.20. The molecule has 0 radical (unpaired) electrons. The van der Waals surface area contributed by atoms with Crippen molar-refractivity contribution in [3.8, 4) is 0 Å². The van der Waals surface area contributed by atoms with Gasteiger partial charge in [-0.05, 0) is 155 Å². The third-order valence-corrected chi connectivity index (χ3v) is 10.7. The van der Waals surface area contributed by atoms with Crippen molar-refractivity contribution in [3.05, 3.63) is 204 Å². The molecule has 0 aromatic heterocycles. The Labute approximate surface area is 300 Å². The minimum atomic E-state index is 0.975. The quantitative estimate of drug-likeness (QED) is 0.143. The summed E-state index contributed by atoms with van der Waals surface area (Å²) in [7, 11) is 0. The SMILES string of the molecule is Cc1c(CCc2ccc3c(c2)CC3)c2cc(N(c3ccccc3)c3ccccc3)ccc2c2ccc(N(c3ccccc3)c3ccccc3)cc12. The number of para-hydroxylation sites is 4. The predicted molar refractivity (Wildman–Crippen MR) is 217 cm³/mol. The first-order valence-corrected chi connectivity index (χ1v) is 18.1. The molecule has 0 atom stereocenters. The zero-order valence-electron chi connectivity index (χ0n) is 29.0. The molecular weight excluding hydrogens is 617 g/mol. The van der Waals surface area contributed by atoms with Gasteiger partial charge in [-0.15, -0.1) is 0 Å². The van der Waals surface area contributed by atoms with Crippen molar-refractivity contribution >= 4 is 55.7 Å². The first-order chi connectivity index (χ1) is 25.2. The molecule has 2 nitrogen and oxygen atoms in total. The van der Waals surface area contributed by atoms with E-state index in [-0.39, 0.29) is 0 Å². The molecule has 9 rings (SSSR count). The molecule has 0 N–H and O–H groups in total. The fourth-order valence-electron chi connectivity index (χ4n) is 7.94. The molecule has 0 fully saturated rings. The second kappa shape index (κ2) is 13.3. The molecule has 0 amide bonds. The summed E-state index contributed by atoms with van der Waals surface area (Å²) < 4.78 is 0. The molecule has 1 aliphatic rings. The van der Waals surface area contributed by atoms with Crippen LogP contribution in [0, 0.1) is 6.92 Å². The summed E-state index contributed by atoms with van der Waals surface area (Å²) in [4.78, 5) is 4.74. The van der Waals surface area contributed by atoms with Crippen LogP contribution in [0.2, 0.25) is 0 Å². The summed E-state index contributed by atoms with van der Waals surface area (Å²) in [5.41, 5.74) is 14.2. The maximum atomic E-state index is 2.45. The number of fused-ring (bicyclic) bond motifs is 4. The fourth-order valence-corrected chi connectivity index (χ4v) is 7.94. The lowest BCUT2D eigenvalue weighted by atomic mass is 9.85. The van der Waals surface area contributed by atoms with E-state index in [9.17, 15) is 0 Å². The van der Waals surface area contributed by atoms with Gasteiger partial charge in [0.2, 0.25) is 0 Å². The zero-order chi connectivity index (χ0) is 34.1. The summed E-state index contributed by atoms with van der Waals surface area (Å²) >= 11 is 0. The summed E-state index contributed by atoms with van der Waals surface area (Å²) in [5.74, 6) is 0. The lowest BCUT2D eigenvalue weighted by molar-refractivity contribution is 0.828. The van der Waals surface area contributed by atoms with Gasteiger partial charge in [-0.2, -0.15) is 0 Å². The molecular formula is C49H40N2. The van der Waals surface area contributed by atoms with Crippen molar-refractivity contribution < 1.29 is 0 Å². The van der Waals surface area contributed by atoms with Crippen molar-refractivity contribution in [2.24, 2.45) is 0 Å². The maximum absolute atomic E-state index is 2.45. The normalized spacial score (nSPS) is 12.0. The molecule has 2 heteroatoms. The molecule has 0 saturated carbocycles. The average molecular weight is 657 g/mol. The van der Waals surface area contributed by atoms with Crippen LogP contribution in [0.25, 0.3) is 21.5 Å². The highest BCUT2D eigenvalue weighted by molar-refractivity contribution is 6.12. The van der Waals surface area contributed by atoms with Crippen LogP contribution in [0.15, 0.2) is 176 Å². The summed E-state index contributed by atoms with van der Waals surface area (Å²) in [6, 6.07) is 64.1. The van der Waals surface area contributed by atoms with E-state index >= 15 is 0 Å². The van der Waals surface area contributed by atoms with Gasteiger partial charge in [0.25, 0.3) is 0 Å². The third kappa shape index (κ3) is 5.83. The summed E-state index contributed by atoms with van der Waals surface area (Å²) in [6.45, 7) is 2.34. The van der Waals surface area contributed by atoms with Gasteiger partial charge >= 0.3 is 0 Å². The molecule has 1 aliphatic carbocycles. The van der Waals surface area contributed by atoms with Gasteiger partial charge in [-0.3, -0.25) is 0 Å². The van der Waals surface area contributed by atoms with Crippen molar-refractivity contribution in [2.75, 3.05) is 9.80 Å². The lowest BCUT2D eigenvalue weighted by Crippen LogP contribution is -2.11.